The molecule has 6 heteroatoms. The van der Waals surface area contributed by atoms with Gasteiger partial charge in [0.05, 0.1) is 0 Å². The zero-order valence-corrected chi connectivity index (χ0v) is 14.4. The number of benzene rings is 1. The Morgan fingerprint density at radius 2 is 1.81 bits per heavy atom. The van der Waals surface area contributed by atoms with E-state index in [0.717, 1.165) is 11.1 Å². The standard InChI is InChI=1S/C20H19N3O3/c1-15-6-2-3-8-17(15)26-14-19(24)23-20-18(9-5-11-22-20)25-13-16-7-4-10-21-12-16/h2-12H,13-14H2,1H3,(H,22,23,24). The van der Waals surface area contributed by atoms with Crippen LogP contribution in [0.1, 0.15) is 11.1 Å². The van der Waals surface area contributed by atoms with Crippen LogP contribution in [-0.2, 0) is 11.4 Å². The molecule has 0 aliphatic carbocycles. The average Bonchev–Trinajstić information content (AvgIpc) is 2.67. The fourth-order valence-electron chi connectivity index (χ4n) is 2.28. The number of hydrogen-bond donors (Lipinski definition) is 1. The summed E-state index contributed by atoms with van der Waals surface area (Å²) in [5, 5.41) is 2.72. The summed E-state index contributed by atoms with van der Waals surface area (Å²) in [5.74, 6) is 1.21. The second-order valence-electron chi connectivity index (χ2n) is 5.60. The van der Waals surface area contributed by atoms with Crippen LogP contribution in [0, 0.1) is 6.92 Å². The Bertz CT molecular complexity index is 869. The number of ether oxygens (including phenoxy) is 2. The number of amides is 1. The second kappa shape index (κ2) is 8.62. The number of hydrogen-bond acceptors (Lipinski definition) is 5. The van der Waals surface area contributed by atoms with Crippen LogP contribution in [0.25, 0.3) is 0 Å². The van der Waals surface area contributed by atoms with E-state index in [9.17, 15) is 4.79 Å². The highest BCUT2D eigenvalue weighted by Crippen LogP contribution is 2.22. The van der Waals surface area contributed by atoms with Gasteiger partial charge < -0.3 is 14.8 Å². The molecular formula is C20H19N3O3. The van der Waals surface area contributed by atoms with Gasteiger partial charge in [-0.15, -0.1) is 0 Å². The van der Waals surface area contributed by atoms with Crippen molar-refractivity contribution >= 4 is 11.7 Å². The minimum absolute atomic E-state index is 0.108. The van der Waals surface area contributed by atoms with Crippen LogP contribution in [-0.4, -0.2) is 22.5 Å². The van der Waals surface area contributed by atoms with Gasteiger partial charge >= 0.3 is 0 Å². The van der Waals surface area contributed by atoms with Gasteiger partial charge in [-0.1, -0.05) is 24.3 Å². The van der Waals surface area contributed by atoms with Crippen LogP contribution in [0.5, 0.6) is 11.5 Å². The number of anilines is 1. The van der Waals surface area contributed by atoms with Crippen molar-refractivity contribution in [1.29, 1.82) is 0 Å². The largest absolute Gasteiger partial charge is 0.485 e. The summed E-state index contributed by atoms with van der Waals surface area (Å²) in [6, 6.07) is 14.8. The molecule has 1 N–H and O–H groups in total. The molecule has 0 spiro atoms. The first-order valence-electron chi connectivity index (χ1n) is 8.17. The maximum absolute atomic E-state index is 12.2. The Labute approximate surface area is 151 Å². The molecule has 0 aliphatic rings. The zero-order chi connectivity index (χ0) is 18.2. The second-order valence-corrected chi connectivity index (χ2v) is 5.60. The lowest BCUT2D eigenvalue weighted by Gasteiger charge is -2.12. The smallest absolute Gasteiger partial charge is 0.263 e. The monoisotopic (exact) mass is 349 g/mol. The number of nitrogens with zero attached hydrogens (tertiary/aromatic N) is 2. The SMILES string of the molecule is Cc1ccccc1OCC(=O)Nc1ncccc1OCc1cccnc1. The third kappa shape index (κ3) is 4.80. The van der Waals surface area contributed by atoms with E-state index in [1.165, 1.54) is 0 Å². The van der Waals surface area contributed by atoms with E-state index in [0.29, 0.717) is 23.9 Å². The lowest BCUT2D eigenvalue weighted by molar-refractivity contribution is -0.118. The van der Waals surface area contributed by atoms with Crippen LogP contribution < -0.4 is 14.8 Å². The highest BCUT2D eigenvalue weighted by atomic mass is 16.5. The summed E-state index contributed by atoms with van der Waals surface area (Å²) in [6.07, 6.45) is 5.02. The number of pyridine rings is 2. The third-order valence-electron chi connectivity index (χ3n) is 3.60. The van der Waals surface area contributed by atoms with Crippen LogP contribution in [0.2, 0.25) is 0 Å². The van der Waals surface area contributed by atoms with Gasteiger partial charge in [0.25, 0.3) is 5.91 Å². The Kier molecular flexibility index (Phi) is 5.77. The topological polar surface area (TPSA) is 73.3 Å². The number of carbonyl (C=O) groups excluding carboxylic acids is 1. The predicted octanol–water partition coefficient (Wildman–Crippen LogP) is 3.38. The molecule has 0 atom stereocenters. The molecule has 3 aromatic rings. The molecule has 0 unspecified atom stereocenters. The van der Waals surface area contributed by atoms with Gasteiger partial charge in [-0.05, 0) is 36.8 Å². The number of para-hydroxylation sites is 1. The number of rotatable bonds is 7. The van der Waals surface area contributed by atoms with Crippen molar-refractivity contribution in [2.24, 2.45) is 0 Å². The Hall–Kier alpha value is -3.41. The first-order valence-corrected chi connectivity index (χ1v) is 8.17. The van der Waals surface area contributed by atoms with E-state index >= 15 is 0 Å². The van der Waals surface area contributed by atoms with E-state index in [4.69, 9.17) is 9.47 Å². The molecule has 132 valence electrons. The molecule has 3 rings (SSSR count). The fourth-order valence-corrected chi connectivity index (χ4v) is 2.28. The van der Waals surface area contributed by atoms with Gasteiger partial charge in [0.15, 0.2) is 18.2 Å². The summed E-state index contributed by atoms with van der Waals surface area (Å²) < 4.78 is 11.3. The molecular weight excluding hydrogens is 330 g/mol. The van der Waals surface area contributed by atoms with Crippen molar-refractivity contribution in [3.05, 3.63) is 78.2 Å². The molecule has 2 aromatic heterocycles. The summed E-state index contributed by atoms with van der Waals surface area (Å²) in [6.45, 7) is 2.15. The van der Waals surface area contributed by atoms with Gasteiger partial charge in [-0.2, -0.15) is 0 Å². The Morgan fingerprint density at radius 3 is 2.62 bits per heavy atom. The molecule has 1 amide bonds. The minimum Gasteiger partial charge on any atom is -0.485 e. The van der Waals surface area contributed by atoms with Crippen LogP contribution in [0.4, 0.5) is 5.82 Å². The van der Waals surface area contributed by atoms with Gasteiger partial charge in [0.1, 0.15) is 12.4 Å². The molecule has 0 saturated heterocycles. The number of aromatic nitrogens is 2. The van der Waals surface area contributed by atoms with Gasteiger partial charge in [0, 0.05) is 24.2 Å². The quantitative estimate of drug-likeness (QED) is 0.708. The summed E-state index contributed by atoms with van der Waals surface area (Å²) in [5.41, 5.74) is 1.90. The van der Waals surface area contributed by atoms with Gasteiger partial charge in [0.2, 0.25) is 0 Å². The van der Waals surface area contributed by atoms with Crippen molar-refractivity contribution in [2.75, 3.05) is 11.9 Å². The molecule has 0 bridgehead atoms. The molecule has 2 heterocycles. The van der Waals surface area contributed by atoms with Crippen molar-refractivity contribution in [1.82, 2.24) is 9.97 Å². The van der Waals surface area contributed by atoms with Crippen LogP contribution in [0.3, 0.4) is 0 Å². The average molecular weight is 349 g/mol. The minimum atomic E-state index is -0.307. The molecule has 0 aliphatic heterocycles. The number of aryl methyl sites for hydroxylation is 1. The molecule has 26 heavy (non-hydrogen) atoms. The zero-order valence-electron chi connectivity index (χ0n) is 14.4. The predicted molar refractivity (Wildman–Crippen MR) is 98.1 cm³/mol. The molecule has 6 nitrogen and oxygen atoms in total. The maximum atomic E-state index is 12.2. The third-order valence-corrected chi connectivity index (χ3v) is 3.60. The first-order chi connectivity index (χ1) is 12.7. The van der Waals surface area contributed by atoms with E-state index in [-0.39, 0.29) is 12.5 Å². The van der Waals surface area contributed by atoms with E-state index in [1.54, 1.807) is 30.7 Å². The summed E-state index contributed by atoms with van der Waals surface area (Å²) in [4.78, 5) is 20.4. The lowest BCUT2D eigenvalue weighted by atomic mass is 10.2. The molecule has 0 saturated carbocycles. The Balaban J connectivity index is 1.59. The normalized spacial score (nSPS) is 10.2. The first kappa shape index (κ1) is 17.4. The van der Waals surface area contributed by atoms with Crippen LogP contribution >= 0.6 is 0 Å². The Morgan fingerprint density at radius 1 is 1.00 bits per heavy atom. The van der Waals surface area contributed by atoms with Crippen molar-refractivity contribution in [2.45, 2.75) is 13.5 Å². The van der Waals surface area contributed by atoms with E-state index in [2.05, 4.69) is 15.3 Å². The number of nitrogens with one attached hydrogen (secondary N) is 1. The van der Waals surface area contributed by atoms with Crippen LogP contribution in [0.15, 0.2) is 67.1 Å². The van der Waals surface area contributed by atoms with Gasteiger partial charge in [-0.3, -0.25) is 9.78 Å². The highest BCUT2D eigenvalue weighted by molar-refractivity contribution is 5.92. The fraction of sp³-hybridized carbons (Fsp3) is 0.150. The van der Waals surface area contributed by atoms with Crippen molar-refractivity contribution < 1.29 is 14.3 Å². The van der Waals surface area contributed by atoms with E-state index < -0.39 is 0 Å². The van der Waals surface area contributed by atoms with E-state index in [1.807, 2.05) is 43.3 Å². The number of carbonyl (C=O) groups is 1. The van der Waals surface area contributed by atoms with Crippen molar-refractivity contribution in [3.8, 4) is 11.5 Å². The molecule has 1 aromatic carbocycles. The van der Waals surface area contributed by atoms with Crippen molar-refractivity contribution in [3.63, 3.8) is 0 Å². The maximum Gasteiger partial charge on any atom is 0.263 e. The molecule has 0 radical (unpaired) electrons. The highest BCUT2D eigenvalue weighted by Gasteiger charge is 2.10. The molecule has 0 fully saturated rings. The summed E-state index contributed by atoms with van der Waals surface area (Å²) in [7, 11) is 0. The summed E-state index contributed by atoms with van der Waals surface area (Å²) >= 11 is 0. The van der Waals surface area contributed by atoms with Gasteiger partial charge in [-0.25, -0.2) is 4.98 Å². The lowest BCUT2D eigenvalue weighted by Crippen LogP contribution is -2.21.